The van der Waals surface area contributed by atoms with Gasteiger partial charge in [0.25, 0.3) is 0 Å². The number of benzene rings is 2. The van der Waals surface area contributed by atoms with Gasteiger partial charge in [-0.3, -0.25) is 9.59 Å². The molecule has 1 N–H and O–H groups in total. The van der Waals surface area contributed by atoms with E-state index in [4.69, 9.17) is 4.74 Å². The van der Waals surface area contributed by atoms with Crippen LogP contribution in [0.25, 0.3) is 11.1 Å². The van der Waals surface area contributed by atoms with E-state index in [-0.39, 0.29) is 5.91 Å². The van der Waals surface area contributed by atoms with Crippen LogP contribution in [0.2, 0.25) is 0 Å². The molecular formula is C20H19NO3. The molecule has 1 amide bonds. The Balaban J connectivity index is 1.89. The van der Waals surface area contributed by atoms with Crippen molar-refractivity contribution in [3.8, 4) is 16.9 Å². The zero-order valence-electron chi connectivity index (χ0n) is 13.6. The fraction of sp³-hybridized carbons (Fsp3) is 0.300. The minimum atomic E-state index is 0.0115. The number of rotatable bonds is 2. The molecule has 0 aromatic heterocycles. The second-order valence-corrected chi connectivity index (χ2v) is 6.45. The normalized spacial score (nSPS) is 15.8. The molecular weight excluding hydrogens is 302 g/mol. The van der Waals surface area contributed by atoms with Crippen molar-refractivity contribution in [3.63, 3.8) is 0 Å². The van der Waals surface area contributed by atoms with Gasteiger partial charge in [-0.15, -0.1) is 0 Å². The van der Waals surface area contributed by atoms with E-state index >= 15 is 0 Å². The standard InChI is InChI=1S/C20H19NO3/c1-12-9-17-15(5-7-19(23)21-17)16(11-22)20(12)14-4-6-18-13(10-14)3-2-8-24-18/h4,6,9-11H,2-3,5,7-8H2,1H3,(H,21,23). The minimum absolute atomic E-state index is 0.0115. The molecule has 0 aliphatic carbocycles. The molecule has 2 aromatic carbocycles. The van der Waals surface area contributed by atoms with E-state index in [0.717, 1.165) is 59.4 Å². The summed E-state index contributed by atoms with van der Waals surface area (Å²) in [4.78, 5) is 23.5. The summed E-state index contributed by atoms with van der Waals surface area (Å²) in [6.45, 7) is 2.75. The van der Waals surface area contributed by atoms with Crippen molar-refractivity contribution in [3.05, 3.63) is 46.5 Å². The fourth-order valence-corrected chi connectivity index (χ4v) is 3.75. The SMILES string of the molecule is Cc1cc2c(c(C=O)c1-c1ccc3c(c1)CCCO3)CCC(=O)N2. The quantitative estimate of drug-likeness (QED) is 0.858. The number of amides is 1. The zero-order chi connectivity index (χ0) is 16.7. The highest BCUT2D eigenvalue weighted by Gasteiger charge is 2.23. The largest absolute Gasteiger partial charge is 0.493 e. The van der Waals surface area contributed by atoms with Crippen LogP contribution in [-0.4, -0.2) is 18.8 Å². The second-order valence-electron chi connectivity index (χ2n) is 6.45. The van der Waals surface area contributed by atoms with Crippen molar-refractivity contribution in [2.75, 3.05) is 11.9 Å². The number of hydrogen-bond acceptors (Lipinski definition) is 3. The van der Waals surface area contributed by atoms with Gasteiger partial charge >= 0.3 is 0 Å². The van der Waals surface area contributed by atoms with Gasteiger partial charge in [-0.05, 0) is 72.2 Å². The summed E-state index contributed by atoms with van der Waals surface area (Å²) in [5.74, 6) is 0.956. The molecule has 4 nitrogen and oxygen atoms in total. The molecule has 0 radical (unpaired) electrons. The average Bonchev–Trinajstić information content (AvgIpc) is 2.60. The van der Waals surface area contributed by atoms with Gasteiger partial charge in [0, 0.05) is 17.7 Å². The highest BCUT2D eigenvalue weighted by Crippen LogP contribution is 2.38. The monoisotopic (exact) mass is 321 g/mol. The average molecular weight is 321 g/mol. The van der Waals surface area contributed by atoms with Gasteiger partial charge in [-0.1, -0.05) is 6.07 Å². The summed E-state index contributed by atoms with van der Waals surface area (Å²) >= 11 is 0. The van der Waals surface area contributed by atoms with Crippen molar-refractivity contribution in [2.24, 2.45) is 0 Å². The summed E-state index contributed by atoms with van der Waals surface area (Å²) in [5.41, 5.74) is 6.61. The number of aldehydes is 1. The highest BCUT2D eigenvalue weighted by atomic mass is 16.5. The number of ether oxygens (including phenoxy) is 1. The van der Waals surface area contributed by atoms with Crippen LogP contribution in [0.1, 0.15) is 39.9 Å². The van der Waals surface area contributed by atoms with Crippen molar-refractivity contribution < 1.29 is 14.3 Å². The first kappa shape index (κ1) is 14.9. The van der Waals surface area contributed by atoms with Crippen LogP contribution in [0.4, 0.5) is 5.69 Å². The maximum absolute atomic E-state index is 11.9. The molecule has 0 atom stereocenters. The van der Waals surface area contributed by atoms with Gasteiger partial charge in [-0.2, -0.15) is 0 Å². The second kappa shape index (κ2) is 5.78. The van der Waals surface area contributed by atoms with Gasteiger partial charge < -0.3 is 10.1 Å². The molecule has 2 aromatic rings. The van der Waals surface area contributed by atoms with E-state index in [1.54, 1.807) is 0 Å². The Morgan fingerprint density at radius 1 is 1.17 bits per heavy atom. The molecule has 0 spiro atoms. The van der Waals surface area contributed by atoms with E-state index < -0.39 is 0 Å². The third kappa shape index (κ3) is 2.39. The predicted molar refractivity (Wildman–Crippen MR) is 92.8 cm³/mol. The molecule has 2 aliphatic heterocycles. The molecule has 0 bridgehead atoms. The molecule has 4 heteroatoms. The van der Waals surface area contributed by atoms with E-state index in [1.165, 1.54) is 5.56 Å². The van der Waals surface area contributed by atoms with E-state index in [2.05, 4.69) is 11.4 Å². The first-order valence-corrected chi connectivity index (χ1v) is 8.35. The van der Waals surface area contributed by atoms with Crippen LogP contribution in [0.5, 0.6) is 5.75 Å². The number of fused-ring (bicyclic) bond motifs is 2. The maximum Gasteiger partial charge on any atom is 0.224 e. The minimum Gasteiger partial charge on any atom is -0.493 e. The fourth-order valence-electron chi connectivity index (χ4n) is 3.75. The smallest absolute Gasteiger partial charge is 0.224 e. The van der Waals surface area contributed by atoms with Gasteiger partial charge in [0.1, 0.15) is 5.75 Å². The number of carbonyl (C=O) groups excluding carboxylic acids is 2. The lowest BCUT2D eigenvalue weighted by Crippen LogP contribution is -2.21. The molecule has 122 valence electrons. The van der Waals surface area contributed by atoms with E-state index in [0.29, 0.717) is 18.4 Å². The van der Waals surface area contributed by atoms with Crippen molar-refractivity contribution in [1.29, 1.82) is 0 Å². The van der Waals surface area contributed by atoms with Crippen LogP contribution in [0, 0.1) is 6.92 Å². The highest BCUT2D eigenvalue weighted by molar-refractivity contribution is 6.00. The predicted octanol–water partition coefficient (Wildman–Crippen LogP) is 3.68. The Morgan fingerprint density at radius 2 is 2.04 bits per heavy atom. The molecule has 2 heterocycles. The van der Waals surface area contributed by atoms with Crippen LogP contribution in [0.15, 0.2) is 24.3 Å². The van der Waals surface area contributed by atoms with Gasteiger partial charge in [0.05, 0.1) is 6.61 Å². The van der Waals surface area contributed by atoms with Gasteiger partial charge in [0.2, 0.25) is 5.91 Å². The summed E-state index contributed by atoms with van der Waals surface area (Å²) in [7, 11) is 0. The van der Waals surface area contributed by atoms with Crippen LogP contribution in [-0.2, 0) is 17.6 Å². The van der Waals surface area contributed by atoms with Crippen molar-refractivity contribution >= 4 is 17.9 Å². The lowest BCUT2D eigenvalue weighted by molar-refractivity contribution is -0.116. The number of anilines is 1. The molecule has 0 fully saturated rings. The first-order chi connectivity index (χ1) is 11.7. The molecule has 0 saturated heterocycles. The Morgan fingerprint density at radius 3 is 2.88 bits per heavy atom. The summed E-state index contributed by atoms with van der Waals surface area (Å²) in [5, 5.41) is 2.89. The van der Waals surface area contributed by atoms with E-state index in [1.807, 2.05) is 25.1 Å². The van der Waals surface area contributed by atoms with Crippen LogP contribution in [0.3, 0.4) is 0 Å². The molecule has 0 saturated carbocycles. The molecule has 2 aliphatic rings. The Labute approximate surface area is 140 Å². The third-order valence-corrected chi connectivity index (χ3v) is 4.87. The van der Waals surface area contributed by atoms with Crippen molar-refractivity contribution in [1.82, 2.24) is 0 Å². The Bertz CT molecular complexity index is 854. The number of carbonyl (C=O) groups is 2. The lowest BCUT2D eigenvalue weighted by Gasteiger charge is -2.23. The lowest BCUT2D eigenvalue weighted by atomic mass is 9.86. The summed E-state index contributed by atoms with van der Waals surface area (Å²) in [6, 6.07) is 8.13. The summed E-state index contributed by atoms with van der Waals surface area (Å²) < 4.78 is 5.69. The Kier molecular flexibility index (Phi) is 3.60. The maximum atomic E-state index is 11.9. The third-order valence-electron chi connectivity index (χ3n) is 4.87. The number of hydrogen-bond donors (Lipinski definition) is 1. The molecule has 0 unspecified atom stereocenters. The van der Waals surface area contributed by atoms with Gasteiger partial charge in [0.15, 0.2) is 6.29 Å². The number of nitrogens with one attached hydrogen (secondary N) is 1. The zero-order valence-corrected chi connectivity index (χ0v) is 13.6. The first-order valence-electron chi connectivity index (χ1n) is 8.35. The van der Waals surface area contributed by atoms with E-state index in [9.17, 15) is 9.59 Å². The van der Waals surface area contributed by atoms with Crippen LogP contribution >= 0.6 is 0 Å². The van der Waals surface area contributed by atoms with Crippen LogP contribution < -0.4 is 10.1 Å². The molecule has 4 rings (SSSR count). The number of aryl methyl sites for hydroxylation is 2. The van der Waals surface area contributed by atoms with Crippen molar-refractivity contribution in [2.45, 2.75) is 32.6 Å². The summed E-state index contributed by atoms with van der Waals surface area (Å²) in [6.07, 6.45) is 3.98. The Hall–Kier alpha value is -2.62. The van der Waals surface area contributed by atoms with Gasteiger partial charge in [-0.25, -0.2) is 0 Å². The molecule has 24 heavy (non-hydrogen) atoms. The topological polar surface area (TPSA) is 55.4 Å².